The number of benzene rings is 1. The van der Waals surface area contributed by atoms with Crippen molar-refractivity contribution in [3.05, 3.63) is 36.2 Å². The number of hydrogen-bond donors (Lipinski definition) is 2. The van der Waals surface area contributed by atoms with Crippen LogP contribution in [0.25, 0.3) is 11.0 Å². The molecular weight excluding hydrogens is 423 g/mol. The van der Waals surface area contributed by atoms with Crippen molar-refractivity contribution in [2.24, 2.45) is 0 Å². The smallest absolute Gasteiger partial charge is 0.384 e. The highest BCUT2D eigenvalue weighted by atomic mass is 32.2. The molecule has 3 aromatic rings. The molecule has 0 bridgehead atoms. The summed E-state index contributed by atoms with van der Waals surface area (Å²) in [5.74, 6) is 0.197. The molecule has 0 radical (unpaired) electrons. The van der Waals surface area contributed by atoms with E-state index in [-0.39, 0.29) is 51.4 Å². The molecule has 0 aliphatic carbocycles. The van der Waals surface area contributed by atoms with Gasteiger partial charge < -0.3 is 20.4 Å². The zero-order valence-corrected chi connectivity index (χ0v) is 16.6. The number of ether oxygens (including phenoxy) is 1. The molecule has 0 spiro atoms. The van der Waals surface area contributed by atoms with Gasteiger partial charge in [-0.2, -0.15) is 13.2 Å². The number of alkyl halides is 3. The van der Waals surface area contributed by atoms with Crippen molar-refractivity contribution >= 4 is 32.5 Å². The van der Waals surface area contributed by atoms with Crippen molar-refractivity contribution in [2.45, 2.75) is 29.0 Å². The zero-order chi connectivity index (χ0) is 21.7. The third-order valence-corrected chi connectivity index (χ3v) is 6.62. The van der Waals surface area contributed by atoms with Gasteiger partial charge in [0, 0.05) is 6.54 Å². The summed E-state index contributed by atoms with van der Waals surface area (Å²) in [6.07, 6.45) is -6.51. The normalized spacial score (nSPS) is 18.1. The Morgan fingerprint density at radius 1 is 1.23 bits per heavy atom. The van der Waals surface area contributed by atoms with E-state index in [2.05, 4.69) is 15.0 Å². The SMILES string of the molecule is Cc1nc(N2CCOC(C(F)(F)F)C2)c2[nH]c(N)c(S(=O)(=O)c3ccccc3)c2n1. The minimum atomic E-state index is -4.53. The van der Waals surface area contributed by atoms with Gasteiger partial charge in [-0.15, -0.1) is 0 Å². The van der Waals surface area contributed by atoms with Gasteiger partial charge in [0.25, 0.3) is 0 Å². The van der Waals surface area contributed by atoms with E-state index in [1.165, 1.54) is 24.0 Å². The second-order valence-corrected chi connectivity index (χ2v) is 8.74. The van der Waals surface area contributed by atoms with Gasteiger partial charge in [0.2, 0.25) is 9.84 Å². The number of hydrogen-bond acceptors (Lipinski definition) is 7. The molecule has 4 rings (SSSR count). The Morgan fingerprint density at radius 3 is 2.60 bits per heavy atom. The number of nitrogens with zero attached hydrogens (tertiary/aromatic N) is 3. The van der Waals surface area contributed by atoms with Crippen LogP contribution in [0.4, 0.5) is 24.8 Å². The number of aromatic amines is 1. The summed E-state index contributed by atoms with van der Waals surface area (Å²) in [6, 6.07) is 7.69. The van der Waals surface area contributed by atoms with Crippen molar-refractivity contribution in [1.29, 1.82) is 0 Å². The maximum atomic E-state index is 13.2. The Hall–Kier alpha value is -2.86. The molecule has 3 N–H and O–H groups in total. The van der Waals surface area contributed by atoms with Crippen molar-refractivity contribution in [3.63, 3.8) is 0 Å². The van der Waals surface area contributed by atoms with E-state index >= 15 is 0 Å². The standard InChI is InChI=1S/C18H18F3N5O3S/c1-10-23-13-14(17(24-10)26-7-8-29-12(9-26)18(19,20)21)25-16(22)15(13)30(27,28)11-5-3-2-4-6-11/h2-6,12,25H,7-9,22H2,1H3. The number of anilines is 2. The van der Waals surface area contributed by atoms with Crippen LogP contribution in [0.1, 0.15) is 5.82 Å². The number of sulfone groups is 1. The average molecular weight is 441 g/mol. The molecule has 3 heterocycles. The summed E-state index contributed by atoms with van der Waals surface area (Å²) in [4.78, 5) is 12.4. The van der Waals surface area contributed by atoms with Gasteiger partial charge in [-0.25, -0.2) is 18.4 Å². The van der Waals surface area contributed by atoms with Crippen LogP contribution in [-0.2, 0) is 14.6 Å². The lowest BCUT2D eigenvalue weighted by atomic mass is 10.2. The zero-order valence-electron chi connectivity index (χ0n) is 15.8. The van der Waals surface area contributed by atoms with Crippen LogP contribution in [0.3, 0.4) is 0 Å². The molecule has 8 nitrogen and oxygen atoms in total. The molecule has 1 unspecified atom stereocenters. The quantitative estimate of drug-likeness (QED) is 0.642. The number of rotatable bonds is 3. The summed E-state index contributed by atoms with van der Waals surface area (Å²) in [5, 5.41) is 0. The number of aryl methyl sites for hydroxylation is 1. The van der Waals surface area contributed by atoms with Crippen molar-refractivity contribution < 1.29 is 26.3 Å². The molecular formula is C18H18F3N5O3S. The minimum absolute atomic E-state index is 0.0268. The van der Waals surface area contributed by atoms with Crippen LogP contribution in [0.2, 0.25) is 0 Å². The van der Waals surface area contributed by atoms with E-state index in [9.17, 15) is 21.6 Å². The molecule has 1 fully saturated rings. The lowest BCUT2D eigenvalue weighted by Crippen LogP contribution is -2.49. The summed E-state index contributed by atoms with van der Waals surface area (Å²) in [5.41, 5.74) is 6.19. The fourth-order valence-electron chi connectivity index (χ4n) is 3.41. The van der Waals surface area contributed by atoms with E-state index in [0.717, 1.165) is 0 Å². The maximum absolute atomic E-state index is 13.2. The van der Waals surface area contributed by atoms with Crippen molar-refractivity contribution in [2.75, 3.05) is 30.3 Å². The minimum Gasteiger partial charge on any atom is -0.384 e. The number of halogens is 3. The number of H-pyrrole nitrogens is 1. The lowest BCUT2D eigenvalue weighted by Gasteiger charge is -2.34. The van der Waals surface area contributed by atoms with Gasteiger partial charge in [0.1, 0.15) is 27.6 Å². The largest absolute Gasteiger partial charge is 0.416 e. The number of morpholine rings is 1. The molecule has 1 aromatic carbocycles. The predicted molar refractivity (Wildman–Crippen MR) is 103 cm³/mol. The first-order chi connectivity index (χ1) is 14.1. The molecule has 1 saturated heterocycles. The molecule has 1 aliphatic heterocycles. The second-order valence-electron chi connectivity index (χ2n) is 6.85. The third-order valence-electron chi connectivity index (χ3n) is 4.77. The van der Waals surface area contributed by atoms with Crippen LogP contribution >= 0.6 is 0 Å². The number of aromatic nitrogens is 3. The van der Waals surface area contributed by atoms with Gasteiger partial charge >= 0.3 is 6.18 Å². The van der Waals surface area contributed by atoms with Crippen LogP contribution in [0, 0.1) is 6.92 Å². The highest BCUT2D eigenvalue weighted by Crippen LogP contribution is 2.37. The van der Waals surface area contributed by atoms with Crippen molar-refractivity contribution in [1.82, 2.24) is 15.0 Å². The van der Waals surface area contributed by atoms with E-state index in [0.29, 0.717) is 0 Å². The molecule has 30 heavy (non-hydrogen) atoms. The van der Waals surface area contributed by atoms with E-state index in [1.54, 1.807) is 18.2 Å². The third kappa shape index (κ3) is 3.45. The Bertz CT molecular complexity index is 1200. The highest BCUT2D eigenvalue weighted by Gasteiger charge is 2.44. The van der Waals surface area contributed by atoms with Gasteiger partial charge in [0.15, 0.2) is 11.9 Å². The van der Waals surface area contributed by atoms with E-state index < -0.39 is 28.7 Å². The number of nitrogen functional groups attached to an aromatic ring is 1. The van der Waals surface area contributed by atoms with Crippen molar-refractivity contribution in [3.8, 4) is 0 Å². The fourth-order valence-corrected chi connectivity index (χ4v) is 4.91. The Kier molecular flexibility index (Phi) is 4.85. The highest BCUT2D eigenvalue weighted by molar-refractivity contribution is 7.92. The van der Waals surface area contributed by atoms with Gasteiger partial charge in [-0.1, -0.05) is 18.2 Å². The van der Waals surface area contributed by atoms with Crippen LogP contribution < -0.4 is 10.6 Å². The van der Waals surface area contributed by atoms with Gasteiger partial charge in [0.05, 0.1) is 18.0 Å². The van der Waals surface area contributed by atoms with Crippen LogP contribution in [0.15, 0.2) is 40.1 Å². The fraction of sp³-hybridized carbons (Fsp3) is 0.333. The first-order valence-corrected chi connectivity index (χ1v) is 10.5. The van der Waals surface area contributed by atoms with Gasteiger partial charge in [-0.3, -0.25) is 0 Å². The van der Waals surface area contributed by atoms with Crippen LogP contribution in [0.5, 0.6) is 0 Å². The topological polar surface area (TPSA) is 114 Å². The number of nitrogens with one attached hydrogen (secondary N) is 1. The summed E-state index contributed by atoms with van der Waals surface area (Å²) in [7, 11) is -4.02. The number of nitrogens with two attached hydrogens (primary N) is 1. The molecule has 0 amide bonds. The molecule has 160 valence electrons. The molecule has 2 aromatic heterocycles. The van der Waals surface area contributed by atoms with E-state index in [1.807, 2.05) is 0 Å². The summed E-state index contributed by atoms with van der Waals surface area (Å²) < 4.78 is 70.6. The summed E-state index contributed by atoms with van der Waals surface area (Å²) in [6.45, 7) is 1.05. The lowest BCUT2D eigenvalue weighted by molar-refractivity contribution is -0.221. The van der Waals surface area contributed by atoms with Crippen LogP contribution in [-0.4, -0.2) is 55.3 Å². The first kappa shape index (κ1) is 20.4. The maximum Gasteiger partial charge on any atom is 0.416 e. The Morgan fingerprint density at radius 2 is 1.93 bits per heavy atom. The Balaban J connectivity index is 1.86. The average Bonchev–Trinajstić information content (AvgIpc) is 3.03. The monoisotopic (exact) mass is 441 g/mol. The summed E-state index contributed by atoms with van der Waals surface area (Å²) >= 11 is 0. The predicted octanol–water partition coefficient (Wildman–Crippen LogP) is 2.45. The first-order valence-electron chi connectivity index (χ1n) is 8.98. The second kappa shape index (κ2) is 7.13. The van der Waals surface area contributed by atoms with Gasteiger partial charge in [-0.05, 0) is 19.1 Å². The molecule has 0 saturated carbocycles. The number of fused-ring (bicyclic) bond motifs is 1. The molecule has 12 heteroatoms. The molecule has 1 aliphatic rings. The van der Waals surface area contributed by atoms with E-state index in [4.69, 9.17) is 10.5 Å². The molecule has 1 atom stereocenters. The Labute approximate surface area is 169 Å².